The third-order valence-corrected chi connectivity index (χ3v) is 4.27. The van der Waals surface area contributed by atoms with E-state index >= 15 is 0 Å². The molecule has 10 heteroatoms. The second-order valence-electron chi connectivity index (χ2n) is 4.44. The first-order chi connectivity index (χ1) is 10.4. The molecule has 0 amide bonds. The van der Waals surface area contributed by atoms with Crippen LogP contribution in [-0.4, -0.2) is 38.1 Å². The number of rotatable bonds is 10. The predicted octanol–water partition coefficient (Wildman–Crippen LogP) is 2.29. The van der Waals surface area contributed by atoms with Gasteiger partial charge < -0.3 is 0 Å². The van der Waals surface area contributed by atoms with E-state index in [2.05, 4.69) is 3.95 Å². The molecule has 0 aromatic rings. The predicted molar refractivity (Wildman–Crippen MR) is 67.6 cm³/mol. The van der Waals surface area contributed by atoms with Crippen molar-refractivity contribution in [2.75, 3.05) is 19.8 Å². The molecule has 0 spiro atoms. The van der Waals surface area contributed by atoms with Crippen molar-refractivity contribution >= 4 is 7.82 Å². The van der Waals surface area contributed by atoms with Crippen molar-refractivity contribution in [3.63, 3.8) is 0 Å². The van der Waals surface area contributed by atoms with Crippen LogP contribution in [0.1, 0.15) is 28.1 Å². The molecule has 1 fully saturated rings. The standard InChI is InChI=1S/C11H19N2O6P.V/c1-9(2)18-20(14,17-6-3-5-12)19-10-4-7-15-11(10)8-16-13;/h9-11H,3-4,6-8H2,1-2H3;/i7T;. The van der Waals surface area contributed by atoms with Crippen LogP contribution in [0.15, 0.2) is 3.95 Å². The monoisotopic (exact) mass is 359 g/mol. The fourth-order valence-corrected chi connectivity index (χ4v) is 3.25. The molecule has 1 saturated heterocycles. The van der Waals surface area contributed by atoms with Gasteiger partial charge in [0.2, 0.25) is 0 Å². The van der Waals surface area contributed by atoms with Gasteiger partial charge in [0.15, 0.2) is 0 Å². The van der Waals surface area contributed by atoms with Gasteiger partial charge in [-0.2, -0.15) is 0 Å². The maximum absolute atomic E-state index is 12.6. The van der Waals surface area contributed by atoms with E-state index in [1.54, 1.807) is 13.8 Å². The van der Waals surface area contributed by atoms with E-state index in [4.69, 9.17) is 29.8 Å². The summed E-state index contributed by atoms with van der Waals surface area (Å²) in [5.74, 6) is 0. The summed E-state index contributed by atoms with van der Waals surface area (Å²) in [6.45, 7) is 2.57. The average molecular weight is 359 g/mol. The second-order valence-corrected chi connectivity index (χ2v) is 6.27. The number of phosphoric ester groups is 1. The van der Waals surface area contributed by atoms with Gasteiger partial charge in [0.25, 0.3) is 0 Å². The van der Waals surface area contributed by atoms with Gasteiger partial charge in [-0.1, -0.05) is 0 Å². The van der Waals surface area contributed by atoms with Crippen molar-refractivity contribution in [2.45, 2.75) is 45.0 Å². The van der Waals surface area contributed by atoms with E-state index in [0.717, 1.165) is 0 Å². The molecule has 4 unspecified atom stereocenters. The fraction of sp³-hybridized carbons (Fsp3) is 0.909. The summed E-state index contributed by atoms with van der Waals surface area (Å²) in [5.41, 5.74) is 0. The van der Waals surface area contributed by atoms with Gasteiger partial charge >= 0.3 is 134 Å². The molecule has 0 radical (unpaired) electrons. The quantitative estimate of drug-likeness (QED) is 0.335. The maximum atomic E-state index is 12.6. The van der Waals surface area contributed by atoms with E-state index < -0.39 is 26.6 Å². The second kappa shape index (κ2) is 9.83. The number of hydrogen-bond donors (Lipinski definition) is 0. The Balaban J connectivity index is 2.71. The molecular formula is C11H19N2O6PV. The first-order valence-corrected chi connectivity index (χ1v) is 8.51. The van der Waals surface area contributed by atoms with Crippen molar-refractivity contribution in [1.82, 2.24) is 0 Å². The molecule has 0 bridgehead atoms. The van der Waals surface area contributed by atoms with Crippen LogP contribution in [0.2, 0.25) is 0 Å². The van der Waals surface area contributed by atoms with E-state index in [1.165, 1.54) is 0 Å². The number of nitrogens with zero attached hydrogens (tertiary/aromatic N) is 2. The van der Waals surface area contributed by atoms with Crippen molar-refractivity contribution in [2.24, 2.45) is 3.95 Å². The molecule has 0 aliphatic carbocycles. The van der Waals surface area contributed by atoms with Gasteiger partial charge in [-0.05, 0) is 0 Å². The average Bonchev–Trinajstić information content (AvgIpc) is 2.75. The van der Waals surface area contributed by atoms with Crippen molar-refractivity contribution in [3.05, 3.63) is 0 Å². The van der Waals surface area contributed by atoms with E-state index in [9.17, 15) is 4.57 Å². The van der Waals surface area contributed by atoms with Crippen molar-refractivity contribution < 1.29 is 46.3 Å². The molecule has 1 heterocycles. The summed E-state index contributed by atoms with van der Waals surface area (Å²) in [7, 11) is -3.85. The topological polar surface area (TPSA) is 99.4 Å². The minimum absolute atomic E-state index is 0.0642. The summed E-state index contributed by atoms with van der Waals surface area (Å²) in [6, 6.07) is 1.88. The SMILES string of the molecule is [3H]C1CC(OP(=O)(OCCC#N)OC(C)C)C(CO[N]=[V])O1. The van der Waals surface area contributed by atoms with E-state index in [0.29, 0.717) is 0 Å². The molecule has 1 aliphatic heterocycles. The molecule has 1 aliphatic rings. The van der Waals surface area contributed by atoms with Crippen LogP contribution in [0.5, 0.6) is 0 Å². The van der Waals surface area contributed by atoms with E-state index in [1.807, 2.05) is 23.3 Å². The number of phosphoric acid groups is 1. The third kappa shape index (κ3) is 7.14. The molecule has 21 heavy (non-hydrogen) atoms. The molecule has 0 saturated carbocycles. The first-order valence-electron chi connectivity index (χ1n) is 7.00. The molecule has 119 valence electrons. The minimum atomic E-state index is -3.85. The van der Waals surface area contributed by atoms with Crippen LogP contribution in [0, 0.1) is 11.3 Å². The summed E-state index contributed by atoms with van der Waals surface area (Å²) in [5, 5.41) is 8.53. The van der Waals surface area contributed by atoms with Crippen molar-refractivity contribution in [3.8, 4) is 6.07 Å². The third-order valence-electron chi connectivity index (χ3n) is 2.38. The Hall–Kier alpha value is -0.0956. The molecule has 0 N–H and O–H groups in total. The normalized spacial score (nSPS) is 28.8. The summed E-state index contributed by atoms with van der Waals surface area (Å²) >= 11 is 1.90. The number of ether oxygens (including phenoxy) is 1. The van der Waals surface area contributed by atoms with Crippen LogP contribution < -0.4 is 0 Å². The summed E-state index contributed by atoms with van der Waals surface area (Å²) in [6.07, 6.45) is -1.39. The zero-order valence-corrected chi connectivity index (χ0v) is 14.2. The van der Waals surface area contributed by atoms with Crippen molar-refractivity contribution in [1.29, 1.82) is 5.26 Å². The molecule has 0 aromatic carbocycles. The summed E-state index contributed by atoms with van der Waals surface area (Å²) < 4.78 is 44.9. The number of hydrogen-bond acceptors (Lipinski definition) is 8. The van der Waals surface area contributed by atoms with Crippen LogP contribution in [0.3, 0.4) is 0 Å². The molecule has 1 rings (SSSR count). The van der Waals surface area contributed by atoms with Gasteiger partial charge in [0.1, 0.15) is 0 Å². The Labute approximate surface area is 134 Å². The van der Waals surface area contributed by atoms with Crippen LogP contribution >= 0.6 is 7.82 Å². The molecule has 8 nitrogen and oxygen atoms in total. The Morgan fingerprint density at radius 2 is 2.43 bits per heavy atom. The van der Waals surface area contributed by atoms with Crippen LogP contribution in [0.25, 0.3) is 0 Å². The Morgan fingerprint density at radius 3 is 3.05 bits per heavy atom. The molecular weight excluding hydrogens is 338 g/mol. The van der Waals surface area contributed by atoms with Gasteiger partial charge in [0.05, 0.1) is 0 Å². The number of nitriles is 1. The summed E-state index contributed by atoms with van der Waals surface area (Å²) in [4.78, 5) is 4.88. The Kier molecular flexibility index (Phi) is 8.08. The van der Waals surface area contributed by atoms with Crippen LogP contribution in [0.4, 0.5) is 0 Å². The van der Waals surface area contributed by atoms with E-state index in [-0.39, 0.29) is 32.2 Å². The fourth-order valence-electron chi connectivity index (χ4n) is 1.59. The van der Waals surface area contributed by atoms with Gasteiger partial charge in [-0.3, -0.25) is 0 Å². The molecule has 4 atom stereocenters. The molecule has 0 aromatic heterocycles. The van der Waals surface area contributed by atoms with Gasteiger partial charge in [-0.25, -0.2) is 0 Å². The first kappa shape index (κ1) is 17.3. The zero-order chi connectivity index (χ0) is 16.6. The zero-order valence-electron chi connectivity index (χ0n) is 12.9. The van der Waals surface area contributed by atoms with Gasteiger partial charge in [0, 0.05) is 0 Å². The Morgan fingerprint density at radius 1 is 1.67 bits per heavy atom. The Bertz CT molecular complexity index is 449. The van der Waals surface area contributed by atoms with Gasteiger partial charge in [-0.15, -0.1) is 0 Å². The van der Waals surface area contributed by atoms with Crippen LogP contribution in [-0.2, 0) is 44.9 Å².